The summed E-state index contributed by atoms with van der Waals surface area (Å²) in [5.74, 6) is 2.34. The molecule has 0 bridgehead atoms. The third-order valence-electron chi connectivity index (χ3n) is 2.41. The summed E-state index contributed by atoms with van der Waals surface area (Å²) >= 11 is 3.51. The van der Waals surface area contributed by atoms with E-state index in [1.807, 2.05) is 34.1 Å². The van der Waals surface area contributed by atoms with E-state index in [0.717, 1.165) is 28.8 Å². The molecule has 1 heterocycles. The molecule has 6 nitrogen and oxygen atoms in total. The maximum Gasteiger partial charge on any atom is 0.204 e. The second-order valence-electron chi connectivity index (χ2n) is 5.29. The van der Waals surface area contributed by atoms with Gasteiger partial charge >= 0.3 is 0 Å². The van der Waals surface area contributed by atoms with Crippen LogP contribution in [0.25, 0.3) is 0 Å². The molecule has 1 rings (SSSR count). The lowest BCUT2D eigenvalue weighted by molar-refractivity contribution is 0.401. The summed E-state index contributed by atoms with van der Waals surface area (Å²) in [6, 6.07) is 0.248. The van der Waals surface area contributed by atoms with Gasteiger partial charge in [-0.3, -0.25) is 10.3 Å². The van der Waals surface area contributed by atoms with E-state index in [2.05, 4.69) is 30.9 Å². The monoisotopic (exact) mass is 340 g/mol. The molecule has 0 aliphatic heterocycles. The third-order valence-corrected chi connectivity index (χ3v) is 4.26. The predicted molar refractivity (Wildman–Crippen MR) is 95.0 cm³/mol. The first-order valence-electron chi connectivity index (χ1n) is 7.13. The molecule has 0 aromatic carbocycles. The third kappa shape index (κ3) is 8.22. The molecule has 2 N–H and O–H groups in total. The number of aromatic nitrogens is 1. The normalized spacial score (nSPS) is 11.8. The average Bonchev–Trinajstić information content (AvgIpc) is 2.84. The lowest BCUT2D eigenvalue weighted by Crippen LogP contribution is -2.39. The molecule has 122 valence electrons. The van der Waals surface area contributed by atoms with Gasteiger partial charge < -0.3 is 10.2 Å². The van der Waals surface area contributed by atoms with E-state index in [1.54, 1.807) is 23.1 Å². The van der Waals surface area contributed by atoms with Gasteiger partial charge in [-0.15, -0.1) is 11.3 Å². The zero-order chi connectivity index (χ0) is 16.4. The molecule has 0 aliphatic rings. The summed E-state index contributed by atoms with van der Waals surface area (Å²) in [4.78, 5) is 11.1. The zero-order valence-corrected chi connectivity index (χ0v) is 15.2. The first kappa shape index (κ1) is 18.7. The number of thiazole rings is 1. The summed E-state index contributed by atoms with van der Waals surface area (Å²) in [5, 5.41) is 17.6. The van der Waals surface area contributed by atoms with Gasteiger partial charge in [-0.25, -0.2) is 4.98 Å². The van der Waals surface area contributed by atoms with Gasteiger partial charge in [0.05, 0.1) is 12.2 Å². The molecule has 0 amide bonds. The fourth-order valence-corrected chi connectivity index (χ4v) is 3.34. The second-order valence-corrected chi connectivity index (χ2v) is 7.34. The highest BCUT2D eigenvalue weighted by Crippen LogP contribution is 2.16. The number of nitriles is 1. The first-order valence-corrected chi connectivity index (χ1v) is 9.16. The minimum Gasteiger partial charge on any atom is -0.353 e. The molecule has 0 fully saturated rings. The second kappa shape index (κ2) is 10.4. The lowest BCUT2D eigenvalue weighted by atomic mass is 10.4. The molecule has 0 saturated carbocycles. The predicted octanol–water partition coefficient (Wildman–Crippen LogP) is 1.86. The summed E-state index contributed by atoms with van der Waals surface area (Å²) in [6.07, 6.45) is 1.90. The van der Waals surface area contributed by atoms with Crippen molar-refractivity contribution < 1.29 is 0 Å². The summed E-state index contributed by atoms with van der Waals surface area (Å²) in [6.45, 7) is 5.58. The molecule has 1 aromatic rings. The maximum absolute atomic E-state index is 8.67. The minimum atomic E-state index is 0.248. The van der Waals surface area contributed by atoms with E-state index >= 15 is 0 Å². The number of rotatable bonds is 8. The van der Waals surface area contributed by atoms with E-state index < -0.39 is 0 Å². The quantitative estimate of drug-likeness (QED) is 0.247. The van der Waals surface area contributed by atoms with Crippen LogP contribution in [-0.4, -0.2) is 48.3 Å². The number of nitrogens with zero attached hydrogens (tertiary/aromatic N) is 4. The molecule has 1 aromatic heterocycles. The molecular weight excluding hydrogens is 316 g/mol. The zero-order valence-electron chi connectivity index (χ0n) is 13.6. The van der Waals surface area contributed by atoms with Gasteiger partial charge in [0.15, 0.2) is 6.19 Å². The van der Waals surface area contributed by atoms with Crippen molar-refractivity contribution in [2.24, 2.45) is 4.99 Å². The Morgan fingerprint density at radius 3 is 2.95 bits per heavy atom. The van der Waals surface area contributed by atoms with Crippen LogP contribution in [0.2, 0.25) is 0 Å². The molecular formula is C14H24N6S2. The highest BCUT2D eigenvalue weighted by molar-refractivity contribution is 7.98. The number of aliphatic imine (C=N–C) groups is 1. The van der Waals surface area contributed by atoms with E-state index in [1.165, 1.54) is 0 Å². The molecule has 0 atom stereocenters. The van der Waals surface area contributed by atoms with Crippen LogP contribution in [-0.2, 0) is 12.3 Å². The molecule has 0 saturated heterocycles. The van der Waals surface area contributed by atoms with Crippen LogP contribution in [0.4, 0.5) is 0 Å². The van der Waals surface area contributed by atoms with Crippen molar-refractivity contribution in [3.05, 3.63) is 16.1 Å². The Labute approximate surface area is 141 Å². The standard InChI is InChI=1S/C14H24N6S2/c1-11(2)18-14(17-10-15)16-5-6-21-8-12-9-22-13(19-12)7-20(3)4/h9,11H,5-8H2,1-4H3,(H2,16,17,18). The molecule has 8 heteroatoms. The lowest BCUT2D eigenvalue weighted by Gasteiger charge is -2.10. The van der Waals surface area contributed by atoms with E-state index in [0.29, 0.717) is 12.5 Å². The van der Waals surface area contributed by atoms with Gasteiger partial charge in [0.1, 0.15) is 5.01 Å². The van der Waals surface area contributed by atoms with Gasteiger partial charge in [0.25, 0.3) is 0 Å². The van der Waals surface area contributed by atoms with Crippen molar-refractivity contribution in [3.63, 3.8) is 0 Å². The largest absolute Gasteiger partial charge is 0.353 e. The maximum atomic E-state index is 8.67. The molecule has 0 spiro atoms. The van der Waals surface area contributed by atoms with E-state index in [4.69, 9.17) is 5.26 Å². The van der Waals surface area contributed by atoms with Gasteiger partial charge in [0.2, 0.25) is 5.96 Å². The van der Waals surface area contributed by atoms with Gasteiger partial charge in [-0.1, -0.05) is 0 Å². The van der Waals surface area contributed by atoms with Crippen molar-refractivity contribution in [2.75, 3.05) is 26.4 Å². The van der Waals surface area contributed by atoms with Crippen molar-refractivity contribution in [3.8, 4) is 6.19 Å². The number of guanidine groups is 1. The van der Waals surface area contributed by atoms with Gasteiger partial charge in [0, 0.05) is 29.5 Å². The Hall–Kier alpha value is -1.30. The molecule has 22 heavy (non-hydrogen) atoms. The van der Waals surface area contributed by atoms with E-state index in [9.17, 15) is 0 Å². The number of hydrogen-bond acceptors (Lipinski definition) is 6. The number of thioether (sulfide) groups is 1. The van der Waals surface area contributed by atoms with Crippen LogP contribution in [0.5, 0.6) is 0 Å². The molecule has 0 unspecified atom stereocenters. The highest BCUT2D eigenvalue weighted by Gasteiger charge is 2.03. The first-order chi connectivity index (χ1) is 10.5. The number of hydrogen-bond donors (Lipinski definition) is 2. The van der Waals surface area contributed by atoms with Crippen LogP contribution in [0, 0.1) is 11.5 Å². The Bertz CT molecular complexity index is 504. The van der Waals surface area contributed by atoms with Crippen LogP contribution < -0.4 is 10.6 Å². The van der Waals surface area contributed by atoms with Crippen molar-refractivity contribution in [1.82, 2.24) is 20.5 Å². The smallest absolute Gasteiger partial charge is 0.204 e. The average molecular weight is 341 g/mol. The Morgan fingerprint density at radius 2 is 2.32 bits per heavy atom. The van der Waals surface area contributed by atoms with Gasteiger partial charge in [-0.2, -0.15) is 17.0 Å². The van der Waals surface area contributed by atoms with Crippen molar-refractivity contribution in [2.45, 2.75) is 32.2 Å². The van der Waals surface area contributed by atoms with Gasteiger partial charge in [-0.05, 0) is 27.9 Å². The van der Waals surface area contributed by atoms with Crippen LogP contribution in [0.3, 0.4) is 0 Å². The Kier molecular flexibility index (Phi) is 8.89. The number of nitrogens with one attached hydrogen (secondary N) is 2. The van der Waals surface area contributed by atoms with Crippen LogP contribution in [0.15, 0.2) is 10.4 Å². The Morgan fingerprint density at radius 1 is 1.55 bits per heavy atom. The summed E-state index contributed by atoms with van der Waals surface area (Å²) in [7, 11) is 4.10. The topological polar surface area (TPSA) is 76.3 Å². The Balaban J connectivity index is 2.29. The van der Waals surface area contributed by atoms with Crippen LogP contribution >= 0.6 is 23.1 Å². The minimum absolute atomic E-state index is 0.248. The fourth-order valence-electron chi connectivity index (χ4n) is 1.60. The fraction of sp³-hybridized carbons (Fsp3) is 0.643. The van der Waals surface area contributed by atoms with Crippen molar-refractivity contribution in [1.29, 1.82) is 5.26 Å². The molecule has 0 aliphatic carbocycles. The molecule has 0 radical (unpaired) electrons. The summed E-state index contributed by atoms with van der Waals surface area (Å²) < 4.78 is 0. The van der Waals surface area contributed by atoms with E-state index in [-0.39, 0.29) is 6.04 Å². The summed E-state index contributed by atoms with van der Waals surface area (Å²) in [5.41, 5.74) is 1.13. The van der Waals surface area contributed by atoms with Crippen molar-refractivity contribution >= 4 is 29.1 Å². The highest BCUT2D eigenvalue weighted by atomic mass is 32.2. The van der Waals surface area contributed by atoms with Crippen LogP contribution in [0.1, 0.15) is 24.5 Å². The SMILES string of the molecule is CC(C)NC(=NCCSCc1csc(CN(C)C)n1)NC#N.